The lowest BCUT2D eigenvalue weighted by atomic mass is 9.49. The lowest BCUT2D eigenvalue weighted by Gasteiger charge is -2.56. The first-order valence-corrected chi connectivity index (χ1v) is 13.3. The van der Waals surface area contributed by atoms with Crippen LogP contribution in [0.2, 0.25) is 0 Å². The van der Waals surface area contributed by atoms with Crippen LogP contribution < -0.4 is 10.6 Å². The molecule has 0 bridgehead atoms. The van der Waals surface area contributed by atoms with Crippen molar-refractivity contribution in [1.82, 2.24) is 4.90 Å². The Kier molecular flexibility index (Phi) is 6.68. The number of hydrogen-bond donors (Lipinski definition) is 4. The number of ketones is 4. The summed E-state index contributed by atoms with van der Waals surface area (Å²) in [5, 5.41) is 34.8. The van der Waals surface area contributed by atoms with Crippen molar-refractivity contribution in [2.45, 2.75) is 30.6 Å². The monoisotopic (exact) mass is 563 g/mol. The largest absolute Gasteiger partial charge is 0.507 e. The van der Waals surface area contributed by atoms with Crippen LogP contribution in [-0.4, -0.2) is 95.2 Å². The number of phenolic OH excluding ortho intramolecular Hbond substituents is 1. The molecule has 0 aliphatic heterocycles. The van der Waals surface area contributed by atoms with Gasteiger partial charge in [0.1, 0.15) is 5.75 Å². The second kappa shape index (κ2) is 9.57. The van der Waals surface area contributed by atoms with Crippen LogP contribution >= 0.6 is 0 Å². The van der Waals surface area contributed by atoms with E-state index >= 15 is 0 Å². The number of benzene rings is 2. The normalized spacial score (nSPS) is 32.8. The Labute approximate surface area is 236 Å². The van der Waals surface area contributed by atoms with Gasteiger partial charge in [-0.25, -0.2) is 0 Å². The minimum absolute atomic E-state index is 0.134. The maximum Gasteiger partial charge on any atom is 0.235 e. The molecule has 0 saturated heterocycles. The highest BCUT2D eigenvalue weighted by atomic mass is 16.3. The number of likely N-dealkylation sites (N-methyl/N-ethyl adjacent to an activating group) is 1. The number of aromatic hydroxyl groups is 1. The molecule has 8 atom stereocenters. The molecule has 0 aromatic heterocycles. The van der Waals surface area contributed by atoms with E-state index in [-0.39, 0.29) is 11.3 Å². The van der Waals surface area contributed by atoms with Crippen molar-refractivity contribution in [3.8, 4) is 16.9 Å². The summed E-state index contributed by atoms with van der Waals surface area (Å²) in [6.07, 6.45) is -1.66. The number of fused-ring (bicyclic) bond motifs is 3. The van der Waals surface area contributed by atoms with Crippen LogP contribution in [-0.2, 0) is 19.2 Å². The fourth-order valence-electron chi connectivity index (χ4n) is 7.16. The summed E-state index contributed by atoms with van der Waals surface area (Å²) in [6.45, 7) is 1.68. The van der Waals surface area contributed by atoms with Gasteiger partial charge in [0.2, 0.25) is 5.91 Å². The number of carbonyl (C=O) groups excluding carboxylic acids is 5. The SMILES string of the molecule is C[C@@H]1c2ccc(-c3ccc(N(C)C)cc3)c(O)c2C(=O)C2C(=O)[C@@]3(O)C(=O)C(C(N)=O)C(=O)[C@H](N(C)C)[C@H]3[C@H](O)[C@H]21. The second-order valence-electron chi connectivity index (χ2n) is 11.7. The third-order valence-corrected chi connectivity index (χ3v) is 9.18. The predicted octanol–water partition coefficient (Wildman–Crippen LogP) is 0.132. The van der Waals surface area contributed by atoms with E-state index in [1.54, 1.807) is 31.2 Å². The molecule has 2 saturated carbocycles. The zero-order chi connectivity index (χ0) is 30.3. The molecule has 3 aliphatic rings. The molecule has 5 N–H and O–H groups in total. The number of amides is 1. The molecule has 2 unspecified atom stereocenters. The van der Waals surface area contributed by atoms with Gasteiger partial charge in [-0.1, -0.05) is 31.2 Å². The number of carbonyl (C=O) groups is 5. The molecule has 3 aliphatic carbocycles. The zero-order valence-electron chi connectivity index (χ0n) is 23.4. The predicted molar refractivity (Wildman–Crippen MR) is 147 cm³/mol. The van der Waals surface area contributed by atoms with Gasteiger partial charge in [0.05, 0.1) is 29.5 Å². The summed E-state index contributed by atoms with van der Waals surface area (Å²) in [7, 11) is 6.68. The standard InChI is InChI=1S/C30H33N3O8/c1-12-15-10-11-16(13-6-8-14(9-7-13)32(2)3)23(34)18(15)24(35)19-17(12)25(36)21-22(33(4)5)26(37)20(29(31)40)28(39)30(21,41)27(19)38/h6-12,17,19-22,25,34,36,41H,1-5H3,(H2,31,40)/t12-,17+,19?,20?,21+,22-,25-,30-/m1/s1. The molecule has 2 fully saturated rings. The lowest BCUT2D eigenvalue weighted by molar-refractivity contribution is -0.196. The third kappa shape index (κ3) is 3.79. The van der Waals surface area contributed by atoms with Crippen molar-refractivity contribution in [3.63, 3.8) is 0 Å². The topological polar surface area (TPSA) is 179 Å². The van der Waals surface area contributed by atoms with Gasteiger partial charge in [0.15, 0.2) is 34.7 Å². The highest BCUT2D eigenvalue weighted by molar-refractivity contribution is 6.32. The number of primary amides is 1. The minimum atomic E-state index is -3.02. The van der Waals surface area contributed by atoms with E-state index in [0.717, 1.165) is 5.69 Å². The average molecular weight is 564 g/mol. The van der Waals surface area contributed by atoms with E-state index in [1.807, 2.05) is 31.1 Å². The number of Topliss-reactive ketones (excluding diaryl/α,β-unsaturated/α-hetero) is 4. The summed E-state index contributed by atoms with van der Waals surface area (Å²) in [5.74, 6) is -13.4. The molecular formula is C30H33N3O8. The molecule has 11 heteroatoms. The Morgan fingerprint density at radius 1 is 0.951 bits per heavy atom. The lowest BCUT2D eigenvalue weighted by Crippen LogP contribution is -2.77. The van der Waals surface area contributed by atoms with Crippen LogP contribution in [0.25, 0.3) is 11.1 Å². The maximum absolute atomic E-state index is 14.1. The first-order valence-electron chi connectivity index (χ1n) is 13.3. The molecule has 0 radical (unpaired) electrons. The summed E-state index contributed by atoms with van der Waals surface area (Å²) >= 11 is 0. The fourth-order valence-corrected chi connectivity index (χ4v) is 7.16. The number of nitrogens with zero attached hydrogens (tertiary/aromatic N) is 2. The molecule has 0 spiro atoms. The van der Waals surface area contributed by atoms with Crippen LogP contribution in [0.15, 0.2) is 36.4 Å². The first kappa shape index (κ1) is 28.6. The van der Waals surface area contributed by atoms with Crippen molar-refractivity contribution in [2.24, 2.45) is 29.4 Å². The van der Waals surface area contributed by atoms with Crippen molar-refractivity contribution >= 4 is 34.7 Å². The Bertz CT molecular complexity index is 1500. The van der Waals surface area contributed by atoms with Gasteiger partial charge in [-0.15, -0.1) is 0 Å². The van der Waals surface area contributed by atoms with Crippen LogP contribution in [0.3, 0.4) is 0 Å². The first-order chi connectivity index (χ1) is 19.2. The summed E-state index contributed by atoms with van der Waals surface area (Å²) in [5.41, 5.74) is 4.46. The molecule has 41 heavy (non-hydrogen) atoms. The second-order valence-corrected chi connectivity index (χ2v) is 11.7. The quantitative estimate of drug-likeness (QED) is 0.374. The van der Waals surface area contributed by atoms with E-state index in [2.05, 4.69) is 0 Å². The van der Waals surface area contributed by atoms with E-state index < -0.39 is 76.4 Å². The highest BCUT2D eigenvalue weighted by Crippen LogP contribution is 2.55. The van der Waals surface area contributed by atoms with Gasteiger partial charge >= 0.3 is 0 Å². The van der Waals surface area contributed by atoms with Crippen molar-refractivity contribution in [2.75, 3.05) is 33.1 Å². The van der Waals surface area contributed by atoms with Crippen LogP contribution in [0.5, 0.6) is 5.75 Å². The molecule has 5 rings (SSSR count). The Morgan fingerprint density at radius 3 is 2.10 bits per heavy atom. The number of hydrogen-bond acceptors (Lipinski definition) is 10. The van der Waals surface area contributed by atoms with Gasteiger partial charge in [0, 0.05) is 31.3 Å². The molecule has 11 nitrogen and oxygen atoms in total. The molecule has 0 heterocycles. The number of rotatable bonds is 4. The Morgan fingerprint density at radius 2 is 1.56 bits per heavy atom. The van der Waals surface area contributed by atoms with E-state index in [9.17, 15) is 39.3 Å². The van der Waals surface area contributed by atoms with Gasteiger partial charge < -0.3 is 26.0 Å². The van der Waals surface area contributed by atoms with Gasteiger partial charge in [-0.2, -0.15) is 0 Å². The number of aliphatic hydroxyl groups is 2. The third-order valence-electron chi connectivity index (χ3n) is 9.18. The van der Waals surface area contributed by atoms with Crippen LogP contribution in [0.1, 0.15) is 28.8 Å². The zero-order valence-corrected chi connectivity index (χ0v) is 23.4. The summed E-state index contributed by atoms with van der Waals surface area (Å²) in [4.78, 5) is 70.2. The number of nitrogens with two attached hydrogens (primary N) is 1. The average Bonchev–Trinajstić information content (AvgIpc) is 2.90. The van der Waals surface area contributed by atoms with E-state index in [4.69, 9.17) is 5.73 Å². The van der Waals surface area contributed by atoms with Crippen molar-refractivity contribution in [3.05, 3.63) is 47.5 Å². The Hall–Kier alpha value is -3.93. The molecule has 2 aromatic carbocycles. The summed E-state index contributed by atoms with van der Waals surface area (Å²) in [6, 6.07) is 9.16. The van der Waals surface area contributed by atoms with Gasteiger partial charge in [-0.3, -0.25) is 28.9 Å². The molecule has 2 aromatic rings. The van der Waals surface area contributed by atoms with Crippen molar-refractivity contribution in [1.29, 1.82) is 0 Å². The number of aliphatic hydroxyl groups excluding tert-OH is 1. The molecule has 1 amide bonds. The van der Waals surface area contributed by atoms with Crippen LogP contribution in [0.4, 0.5) is 5.69 Å². The fraction of sp³-hybridized carbons (Fsp3) is 0.433. The van der Waals surface area contributed by atoms with Crippen molar-refractivity contribution < 1.29 is 39.3 Å². The summed E-state index contributed by atoms with van der Waals surface area (Å²) < 4.78 is 0. The Balaban J connectivity index is 1.66. The molecule has 216 valence electrons. The smallest absolute Gasteiger partial charge is 0.235 e. The number of phenols is 1. The van der Waals surface area contributed by atoms with E-state index in [1.165, 1.54) is 19.0 Å². The van der Waals surface area contributed by atoms with Gasteiger partial charge in [0.25, 0.3) is 0 Å². The molecular weight excluding hydrogens is 530 g/mol. The minimum Gasteiger partial charge on any atom is -0.507 e. The maximum atomic E-state index is 14.1. The van der Waals surface area contributed by atoms with E-state index in [0.29, 0.717) is 16.7 Å². The number of anilines is 1. The van der Waals surface area contributed by atoms with Crippen LogP contribution in [0, 0.1) is 23.7 Å². The van der Waals surface area contributed by atoms with Gasteiger partial charge in [-0.05, 0) is 43.3 Å². The highest BCUT2D eigenvalue weighted by Gasteiger charge is 2.72.